The molecule has 0 aromatic carbocycles. The average Bonchev–Trinajstić information content (AvgIpc) is 2.72. The van der Waals surface area contributed by atoms with Gasteiger partial charge in [0, 0.05) is 29.7 Å². The van der Waals surface area contributed by atoms with Gasteiger partial charge >= 0.3 is 0 Å². The molecule has 0 spiro atoms. The summed E-state index contributed by atoms with van der Waals surface area (Å²) in [5, 5.41) is 6.88. The summed E-state index contributed by atoms with van der Waals surface area (Å²) in [6.07, 6.45) is 3.29. The van der Waals surface area contributed by atoms with Crippen LogP contribution in [-0.2, 0) is 9.53 Å². The minimum atomic E-state index is -0.246. The van der Waals surface area contributed by atoms with Crippen molar-refractivity contribution in [3.8, 4) is 0 Å². The number of anilines is 2. The first kappa shape index (κ1) is 23.4. The molecule has 0 radical (unpaired) electrons. The Labute approximate surface area is 196 Å². The molecule has 176 valence electrons. The van der Waals surface area contributed by atoms with Crippen molar-refractivity contribution in [3.63, 3.8) is 0 Å². The van der Waals surface area contributed by atoms with Crippen LogP contribution in [0, 0.1) is 6.92 Å². The number of aromatic nitrogens is 2. The fourth-order valence-electron chi connectivity index (χ4n) is 5.00. The maximum absolute atomic E-state index is 13.2. The predicted octanol–water partition coefficient (Wildman–Crippen LogP) is 4.30. The number of hydrogen-bond acceptors (Lipinski definition) is 6. The zero-order chi connectivity index (χ0) is 23.6. The standard InChI is InChI=1S/C26H35N5O2/c1-18-8-6-10-22(27-18)29-23-11-7-9-20(28-23)21-17-31(12-13-33-21)24(32)14-19-15-25(2,3)30-26(4,5)16-19/h6-11,15,21,30H,12-14,16-17H2,1-5H3,(H,27,28,29)/t21-/m0/s1. The van der Waals surface area contributed by atoms with Gasteiger partial charge in [-0.3, -0.25) is 4.79 Å². The van der Waals surface area contributed by atoms with Gasteiger partial charge in [-0.25, -0.2) is 9.97 Å². The van der Waals surface area contributed by atoms with Crippen LogP contribution in [0.4, 0.5) is 11.6 Å². The van der Waals surface area contributed by atoms with Crippen LogP contribution in [0.3, 0.4) is 0 Å². The third-order valence-electron chi connectivity index (χ3n) is 5.94. The number of ether oxygens (including phenoxy) is 1. The maximum Gasteiger partial charge on any atom is 0.226 e. The normalized spacial score (nSPS) is 21.9. The molecular formula is C26H35N5O2. The number of morpholine rings is 1. The van der Waals surface area contributed by atoms with Crippen LogP contribution in [0.2, 0.25) is 0 Å². The summed E-state index contributed by atoms with van der Waals surface area (Å²) >= 11 is 0. The van der Waals surface area contributed by atoms with Gasteiger partial charge < -0.3 is 20.3 Å². The molecule has 1 amide bonds. The van der Waals surface area contributed by atoms with Crippen molar-refractivity contribution in [2.45, 2.75) is 64.6 Å². The molecule has 0 unspecified atom stereocenters. The molecule has 7 heteroatoms. The molecule has 2 aliphatic heterocycles. The van der Waals surface area contributed by atoms with E-state index in [-0.39, 0.29) is 23.1 Å². The van der Waals surface area contributed by atoms with Gasteiger partial charge in [-0.15, -0.1) is 0 Å². The molecule has 7 nitrogen and oxygen atoms in total. The second-order valence-corrected chi connectivity index (χ2v) is 10.3. The molecule has 33 heavy (non-hydrogen) atoms. The number of pyridine rings is 2. The Bertz CT molecular complexity index is 1050. The summed E-state index contributed by atoms with van der Waals surface area (Å²) in [5.74, 6) is 1.62. The monoisotopic (exact) mass is 449 g/mol. The lowest BCUT2D eigenvalue weighted by Gasteiger charge is -2.41. The first-order valence-corrected chi connectivity index (χ1v) is 11.7. The van der Waals surface area contributed by atoms with Crippen LogP contribution in [0.1, 0.15) is 58.0 Å². The first-order valence-electron chi connectivity index (χ1n) is 11.7. The molecule has 1 fully saturated rings. The quantitative estimate of drug-likeness (QED) is 0.663. The molecule has 0 bridgehead atoms. The van der Waals surface area contributed by atoms with Gasteiger partial charge in [-0.2, -0.15) is 0 Å². The van der Waals surface area contributed by atoms with E-state index in [1.807, 2.05) is 48.2 Å². The Morgan fingerprint density at radius 3 is 2.61 bits per heavy atom. The zero-order valence-corrected chi connectivity index (χ0v) is 20.3. The molecule has 2 aliphatic rings. The third-order valence-corrected chi connectivity index (χ3v) is 5.94. The van der Waals surface area contributed by atoms with E-state index in [2.05, 4.69) is 49.4 Å². The van der Waals surface area contributed by atoms with E-state index >= 15 is 0 Å². The number of carbonyl (C=O) groups is 1. The second-order valence-electron chi connectivity index (χ2n) is 10.3. The van der Waals surface area contributed by atoms with E-state index in [4.69, 9.17) is 9.72 Å². The minimum absolute atomic E-state index is 0.0229. The zero-order valence-electron chi connectivity index (χ0n) is 20.3. The molecule has 4 heterocycles. The summed E-state index contributed by atoms with van der Waals surface area (Å²) in [5.41, 5.74) is 2.82. The first-order chi connectivity index (χ1) is 15.6. The van der Waals surface area contributed by atoms with Crippen molar-refractivity contribution >= 4 is 17.5 Å². The highest BCUT2D eigenvalue weighted by Gasteiger charge is 2.34. The molecule has 2 aromatic heterocycles. The fraction of sp³-hybridized carbons (Fsp3) is 0.500. The Balaban J connectivity index is 1.42. The lowest BCUT2D eigenvalue weighted by Crippen LogP contribution is -2.54. The number of hydrogen-bond donors (Lipinski definition) is 2. The molecule has 1 atom stereocenters. The van der Waals surface area contributed by atoms with E-state index in [0.717, 1.165) is 23.6 Å². The topological polar surface area (TPSA) is 79.4 Å². The lowest BCUT2D eigenvalue weighted by atomic mass is 9.82. The van der Waals surface area contributed by atoms with Gasteiger partial charge in [-0.05, 0) is 65.3 Å². The van der Waals surface area contributed by atoms with Crippen LogP contribution in [-0.4, -0.2) is 51.5 Å². The fourth-order valence-corrected chi connectivity index (χ4v) is 5.00. The van der Waals surface area contributed by atoms with E-state index in [9.17, 15) is 4.79 Å². The number of nitrogens with zero attached hydrogens (tertiary/aromatic N) is 3. The van der Waals surface area contributed by atoms with Gasteiger partial charge in [0.15, 0.2) is 0 Å². The van der Waals surface area contributed by atoms with Crippen molar-refractivity contribution in [3.05, 3.63) is 59.4 Å². The third kappa shape index (κ3) is 6.18. The Hall–Kier alpha value is -2.77. The summed E-state index contributed by atoms with van der Waals surface area (Å²) in [6, 6.07) is 11.6. The Kier molecular flexibility index (Phi) is 6.54. The van der Waals surface area contributed by atoms with Crippen LogP contribution in [0.15, 0.2) is 48.0 Å². The summed E-state index contributed by atoms with van der Waals surface area (Å²) in [4.78, 5) is 24.3. The highest BCUT2D eigenvalue weighted by molar-refractivity contribution is 5.79. The van der Waals surface area contributed by atoms with Crippen molar-refractivity contribution in [1.82, 2.24) is 20.2 Å². The largest absolute Gasteiger partial charge is 0.368 e. The Morgan fingerprint density at radius 2 is 1.88 bits per heavy atom. The molecule has 4 rings (SSSR count). The maximum atomic E-state index is 13.2. The van der Waals surface area contributed by atoms with Gasteiger partial charge in [0.25, 0.3) is 0 Å². The Morgan fingerprint density at radius 1 is 1.15 bits per heavy atom. The SMILES string of the molecule is Cc1cccc(Nc2cccc([C@@H]3CN(C(=O)CC4=CC(C)(C)NC(C)(C)C4)CCO3)n2)n1. The second kappa shape index (κ2) is 9.23. The van der Waals surface area contributed by atoms with E-state index in [1.54, 1.807) is 0 Å². The number of aryl methyl sites for hydroxylation is 1. The van der Waals surface area contributed by atoms with Crippen molar-refractivity contribution in [2.75, 3.05) is 25.0 Å². The van der Waals surface area contributed by atoms with Gasteiger partial charge in [-0.1, -0.05) is 23.8 Å². The summed E-state index contributed by atoms with van der Waals surface area (Å²) in [7, 11) is 0. The van der Waals surface area contributed by atoms with E-state index in [0.29, 0.717) is 31.9 Å². The van der Waals surface area contributed by atoms with E-state index in [1.165, 1.54) is 5.57 Å². The minimum Gasteiger partial charge on any atom is -0.368 e. The number of carbonyl (C=O) groups excluding carboxylic acids is 1. The lowest BCUT2D eigenvalue weighted by molar-refractivity contribution is -0.138. The predicted molar refractivity (Wildman–Crippen MR) is 130 cm³/mol. The number of nitrogens with one attached hydrogen (secondary N) is 2. The van der Waals surface area contributed by atoms with Gasteiger partial charge in [0.05, 0.1) is 18.8 Å². The van der Waals surface area contributed by atoms with Gasteiger partial charge in [0.1, 0.15) is 17.7 Å². The van der Waals surface area contributed by atoms with Gasteiger partial charge in [0.2, 0.25) is 5.91 Å². The molecule has 2 aromatic rings. The summed E-state index contributed by atoms with van der Waals surface area (Å²) in [6.45, 7) is 12.3. The van der Waals surface area contributed by atoms with Crippen molar-refractivity contribution in [1.29, 1.82) is 0 Å². The van der Waals surface area contributed by atoms with Crippen LogP contribution >= 0.6 is 0 Å². The molecular weight excluding hydrogens is 414 g/mol. The van der Waals surface area contributed by atoms with Crippen molar-refractivity contribution < 1.29 is 9.53 Å². The van der Waals surface area contributed by atoms with Crippen molar-refractivity contribution in [2.24, 2.45) is 0 Å². The van der Waals surface area contributed by atoms with Crippen LogP contribution in [0.25, 0.3) is 0 Å². The van der Waals surface area contributed by atoms with E-state index < -0.39 is 0 Å². The highest BCUT2D eigenvalue weighted by atomic mass is 16.5. The molecule has 0 saturated carbocycles. The van der Waals surface area contributed by atoms with Crippen LogP contribution < -0.4 is 10.6 Å². The number of amides is 1. The smallest absolute Gasteiger partial charge is 0.226 e. The summed E-state index contributed by atoms with van der Waals surface area (Å²) < 4.78 is 6.00. The highest BCUT2D eigenvalue weighted by Crippen LogP contribution is 2.30. The molecule has 2 N–H and O–H groups in total. The molecule has 1 saturated heterocycles. The van der Waals surface area contributed by atoms with Crippen LogP contribution in [0.5, 0.6) is 0 Å². The number of rotatable bonds is 5. The molecule has 0 aliphatic carbocycles. The average molecular weight is 450 g/mol.